The molecule has 2 N–H and O–H groups in total. The van der Waals surface area contributed by atoms with Gasteiger partial charge in [0.2, 0.25) is 5.91 Å². The number of fused-ring (bicyclic) bond motifs is 1. The van der Waals surface area contributed by atoms with Crippen LogP contribution in [0.5, 0.6) is 5.75 Å². The van der Waals surface area contributed by atoms with Crippen molar-refractivity contribution in [3.8, 4) is 5.75 Å². The first kappa shape index (κ1) is 15.1. The fourth-order valence-corrected chi connectivity index (χ4v) is 2.66. The molecule has 1 aliphatic rings. The molecule has 0 aromatic heterocycles. The van der Waals surface area contributed by atoms with Gasteiger partial charge in [0, 0.05) is 7.05 Å². The lowest BCUT2D eigenvalue weighted by Gasteiger charge is -2.24. The van der Waals surface area contributed by atoms with Crippen LogP contribution in [0.3, 0.4) is 0 Å². The maximum atomic E-state index is 12.5. The molecule has 1 aliphatic heterocycles. The Labute approximate surface area is 134 Å². The molecule has 3 rings (SSSR count). The van der Waals surface area contributed by atoms with E-state index in [0.717, 1.165) is 11.3 Å². The van der Waals surface area contributed by atoms with Gasteiger partial charge >= 0.3 is 0 Å². The van der Waals surface area contributed by atoms with Gasteiger partial charge in [-0.2, -0.15) is 0 Å². The van der Waals surface area contributed by atoms with Crippen LogP contribution in [0.25, 0.3) is 0 Å². The first-order valence-corrected chi connectivity index (χ1v) is 7.51. The number of ether oxygens (including phenoxy) is 1. The van der Waals surface area contributed by atoms with Gasteiger partial charge < -0.3 is 15.4 Å². The summed E-state index contributed by atoms with van der Waals surface area (Å²) in [6, 6.07) is 14.7. The first-order valence-electron chi connectivity index (χ1n) is 7.51. The summed E-state index contributed by atoms with van der Waals surface area (Å²) in [5, 5.41) is 5.42. The summed E-state index contributed by atoms with van der Waals surface area (Å²) in [5.74, 6) is 0.187. The molecule has 2 aromatic carbocycles. The minimum absolute atomic E-state index is 0.143. The zero-order chi connectivity index (χ0) is 16.2. The Bertz CT molecular complexity index is 743. The molecule has 0 saturated heterocycles. The highest BCUT2D eigenvalue weighted by Gasteiger charge is 2.26. The van der Waals surface area contributed by atoms with Crippen LogP contribution in [-0.2, 0) is 11.2 Å². The van der Waals surface area contributed by atoms with Crippen LogP contribution in [-0.4, -0.2) is 25.5 Å². The summed E-state index contributed by atoms with van der Waals surface area (Å²) in [6.45, 7) is 0.338. The standard InChI is InChI=1S/C18H18N2O3/c1-19-18(22)14-7-3-4-8-15(14)20-17(21)13-10-12-6-2-5-9-16(12)23-11-13/h2-9,13H,10-11H2,1H3,(H,19,22)(H,20,21). The van der Waals surface area contributed by atoms with Gasteiger partial charge in [0.05, 0.1) is 17.2 Å². The van der Waals surface area contributed by atoms with Crippen LogP contribution >= 0.6 is 0 Å². The van der Waals surface area contributed by atoms with E-state index < -0.39 is 0 Å². The van der Waals surface area contributed by atoms with E-state index in [1.165, 1.54) is 0 Å². The van der Waals surface area contributed by atoms with Crippen molar-refractivity contribution in [2.24, 2.45) is 5.92 Å². The monoisotopic (exact) mass is 310 g/mol. The van der Waals surface area contributed by atoms with Crippen molar-refractivity contribution in [1.82, 2.24) is 5.32 Å². The highest BCUT2D eigenvalue weighted by atomic mass is 16.5. The molecule has 1 atom stereocenters. The number of carbonyl (C=O) groups excluding carboxylic acids is 2. The van der Waals surface area contributed by atoms with Gasteiger partial charge in [0.25, 0.3) is 5.91 Å². The molecule has 0 spiro atoms. The van der Waals surface area contributed by atoms with E-state index in [9.17, 15) is 9.59 Å². The van der Waals surface area contributed by atoms with Crippen molar-refractivity contribution in [2.45, 2.75) is 6.42 Å². The lowest BCUT2D eigenvalue weighted by molar-refractivity contribution is -0.121. The van der Waals surface area contributed by atoms with Crippen molar-refractivity contribution in [3.63, 3.8) is 0 Å². The number of carbonyl (C=O) groups is 2. The third-order valence-electron chi connectivity index (χ3n) is 3.91. The summed E-state index contributed by atoms with van der Waals surface area (Å²) < 4.78 is 5.65. The van der Waals surface area contributed by atoms with Crippen LogP contribution in [0, 0.1) is 5.92 Å². The second-order valence-electron chi connectivity index (χ2n) is 5.43. The SMILES string of the molecule is CNC(=O)c1ccccc1NC(=O)C1COc2ccccc2C1. The van der Waals surface area contributed by atoms with Crippen molar-refractivity contribution in [2.75, 3.05) is 19.0 Å². The Balaban J connectivity index is 1.75. The highest BCUT2D eigenvalue weighted by molar-refractivity contribution is 6.04. The van der Waals surface area contributed by atoms with Crippen LogP contribution in [0.2, 0.25) is 0 Å². The van der Waals surface area contributed by atoms with Gasteiger partial charge in [-0.05, 0) is 30.2 Å². The fraction of sp³-hybridized carbons (Fsp3) is 0.222. The lowest BCUT2D eigenvalue weighted by atomic mass is 9.96. The summed E-state index contributed by atoms with van der Waals surface area (Å²) in [5.41, 5.74) is 1.98. The normalized spacial score (nSPS) is 16.0. The highest BCUT2D eigenvalue weighted by Crippen LogP contribution is 2.27. The number of anilines is 1. The third-order valence-corrected chi connectivity index (χ3v) is 3.91. The number of nitrogens with one attached hydrogen (secondary N) is 2. The van der Waals surface area contributed by atoms with E-state index in [2.05, 4.69) is 10.6 Å². The van der Waals surface area contributed by atoms with Crippen molar-refractivity contribution < 1.29 is 14.3 Å². The summed E-state index contributed by atoms with van der Waals surface area (Å²) in [4.78, 5) is 24.4. The molecule has 1 heterocycles. The smallest absolute Gasteiger partial charge is 0.253 e. The van der Waals surface area contributed by atoms with E-state index >= 15 is 0 Å². The molecule has 2 aromatic rings. The Morgan fingerprint density at radius 3 is 2.65 bits per heavy atom. The molecular formula is C18H18N2O3. The van der Waals surface area contributed by atoms with Gasteiger partial charge in [-0.1, -0.05) is 30.3 Å². The Morgan fingerprint density at radius 1 is 1.09 bits per heavy atom. The minimum Gasteiger partial charge on any atom is -0.492 e. The molecule has 0 radical (unpaired) electrons. The van der Waals surface area contributed by atoms with E-state index in [4.69, 9.17) is 4.74 Å². The quantitative estimate of drug-likeness (QED) is 0.913. The number of hydrogen-bond acceptors (Lipinski definition) is 3. The maximum absolute atomic E-state index is 12.5. The molecule has 2 amide bonds. The number of rotatable bonds is 3. The Hall–Kier alpha value is -2.82. The fourth-order valence-electron chi connectivity index (χ4n) is 2.66. The van der Waals surface area contributed by atoms with E-state index in [1.807, 2.05) is 24.3 Å². The maximum Gasteiger partial charge on any atom is 0.253 e. The van der Waals surface area contributed by atoms with Crippen LogP contribution in [0.4, 0.5) is 5.69 Å². The molecule has 0 bridgehead atoms. The van der Waals surface area contributed by atoms with Gasteiger partial charge in [0.15, 0.2) is 0 Å². The molecule has 0 aliphatic carbocycles. The second kappa shape index (κ2) is 6.52. The summed E-state index contributed by atoms with van der Waals surface area (Å²) in [7, 11) is 1.56. The molecule has 23 heavy (non-hydrogen) atoms. The average molecular weight is 310 g/mol. The molecule has 0 fully saturated rings. The van der Waals surface area contributed by atoms with Crippen molar-refractivity contribution in [3.05, 3.63) is 59.7 Å². The van der Waals surface area contributed by atoms with Crippen molar-refractivity contribution >= 4 is 17.5 Å². The lowest BCUT2D eigenvalue weighted by Crippen LogP contribution is -2.33. The topological polar surface area (TPSA) is 67.4 Å². The van der Waals surface area contributed by atoms with Gasteiger partial charge in [-0.3, -0.25) is 9.59 Å². The number of amides is 2. The minimum atomic E-state index is -0.275. The van der Waals surface area contributed by atoms with E-state index in [-0.39, 0.29) is 17.7 Å². The number of hydrogen-bond donors (Lipinski definition) is 2. The van der Waals surface area contributed by atoms with Crippen LogP contribution in [0.15, 0.2) is 48.5 Å². The van der Waals surface area contributed by atoms with E-state index in [1.54, 1.807) is 31.3 Å². The van der Waals surface area contributed by atoms with Gasteiger partial charge in [-0.15, -0.1) is 0 Å². The average Bonchev–Trinajstić information content (AvgIpc) is 2.61. The van der Waals surface area contributed by atoms with E-state index in [0.29, 0.717) is 24.3 Å². The Morgan fingerprint density at radius 2 is 1.83 bits per heavy atom. The van der Waals surface area contributed by atoms with Crippen LogP contribution in [0.1, 0.15) is 15.9 Å². The summed E-state index contributed by atoms with van der Waals surface area (Å²) >= 11 is 0. The third kappa shape index (κ3) is 3.18. The summed E-state index contributed by atoms with van der Waals surface area (Å²) in [6.07, 6.45) is 0.629. The number of para-hydroxylation sites is 2. The predicted molar refractivity (Wildman–Crippen MR) is 87.6 cm³/mol. The molecule has 5 nitrogen and oxygen atoms in total. The van der Waals surface area contributed by atoms with Crippen molar-refractivity contribution in [1.29, 1.82) is 0 Å². The second-order valence-corrected chi connectivity index (χ2v) is 5.43. The molecule has 5 heteroatoms. The zero-order valence-corrected chi connectivity index (χ0v) is 12.8. The molecule has 118 valence electrons. The molecule has 0 saturated carbocycles. The molecule has 1 unspecified atom stereocenters. The molecular weight excluding hydrogens is 292 g/mol. The Kier molecular flexibility index (Phi) is 4.28. The predicted octanol–water partition coefficient (Wildman–Crippen LogP) is 2.24. The zero-order valence-electron chi connectivity index (χ0n) is 12.8. The van der Waals surface area contributed by atoms with Gasteiger partial charge in [0.1, 0.15) is 12.4 Å². The largest absolute Gasteiger partial charge is 0.492 e. The van der Waals surface area contributed by atoms with Crippen LogP contribution < -0.4 is 15.4 Å². The first-order chi connectivity index (χ1) is 11.2. The van der Waals surface area contributed by atoms with Gasteiger partial charge in [-0.25, -0.2) is 0 Å². The number of benzene rings is 2.